The Kier molecular flexibility index (Phi) is 5.66. The summed E-state index contributed by atoms with van der Waals surface area (Å²) in [5, 5.41) is 3.54. The van der Waals surface area contributed by atoms with Crippen molar-refractivity contribution < 1.29 is 4.79 Å². The molecule has 0 bridgehead atoms. The van der Waals surface area contributed by atoms with E-state index in [0.29, 0.717) is 0 Å². The third kappa shape index (κ3) is 3.22. The molecule has 0 aliphatic carbocycles. The van der Waals surface area contributed by atoms with Gasteiger partial charge in [0.25, 0.3) is 5.91 Å². The van der Waals surface area contributed by atoms with E-state index in [1.165, 1.54) is 5.19 Å². The molecule has 0 aliphatic rings. The highest BCUT2D eigenvalue weighted by Gasteiger charge is 2.29. The summed E-state index contributed by atoms with van der Waals surface area (Å²) in [5.41, 5.74) is 0.940. The van der Waals surface area contributed by atoms with Crippen LogP contribution in [0, 0.1) is 0 Å². The molecule has 4 heteroatoms. The molecule has 2 aromatic rings. The number of alkyl halides is 1. The van der Waals surface area contributed by atoms with Crippen LogP contribution < -0.4 is 5.19 Å². The van der Waals surface area contributed by atoms with Crippen molar-refractivity contribution in [1.29, 1.82) is 0 Å². The maximum Gasteiger partial charge on any atom is 0.254 e. The quantitative estimate of drug-likeness (QED) is 0.399. The zero-order valence-electron chi connectivity index (χ0n) is 13.8. The van der Waals surface area contributed by atoms with Crippen molar-refractivity contribution in [1.82, 2.24) is 4.90 Å². The topological polar surface area (TPSA) is 20.3 Å². The first-order chi connectivity index (χ1) is 10.5. The average molecular weight is 425 g/mol. The Labute approximate surface area is 148 Å². The Hall–Kier alpha value is -0.883. The van der Waals surface area contributed by atoms with Crippen LogP contribution in [0.2, 0.25) is 13.1 Å². The third-order valence-corrected chi connectivity index (χ3v) is 12.5. The summed E-state index contributed by atoms with van der Waals surface area (Å²) in [5.74, 6) is 0.183. The van der Waals surface area contributed by atoms with Gasteiger partial charge in [0.2, 0.25) is 0 Å². The molecule has 2 aromatic carbocycles. The molecule has 0 aromatic heterocycles. The summed E-state index contributed by atoms with van der Waals surface area (Å²) < 4.78 is 1.11. The fourth-order valence-electron chi connectivity index (χ4n) is 2.81. The maximum atomic E-state index is 13.2. The van der Waals surface area contributed by atoms with Crippen molar-refractivity contribution in [2.45, 2.75) is 26.9 Å². The fraction of sp³-hybridized carbons (Fsp3) is 0.389. The Balaban J connectivity index is 2.76. The Morgan fingerprint density at radius 1 is 1.09 bits per heavy atom. The van der Waals surface area contributed by atoms with Crippen molar-refractivity contribution in [2.24, 2.45) is 0 Å². The number of fused-ring (bicyclic) bond motifs is 1. The van der Waals surface area contributed by atoms with Gasteiger partial charge >= 0.3 is 0 Å². The molecule has 0 saturated heterocycles. The second kappa shape index (κ2) is 7.13. The van der Waals surface area contributed by atoms with Gasteiger partial charge in [0, 0.05) is 18.7 Å². The molecule has 0 atom stereocenters. The fourth-order valence-corrected chi connectivity index (χ4v) is 5.64. The molecule has 22 heavy (non-hydrogen) atoms. The van der Waals surface area contributed by atoms with Gasteiger partial charge in [-0.25, -0.2) is 0 Å². The SMILES string of the molecule is CCN(CC)C(=O)c1c([Si](C)(C)CI)ccc2ccccc12. The minimum Gasteiger partial charge on any atom is -0.339 e. The lowest BCUT2D eigenvalue weighted by Crippen LogP contribution is -2.48. The highest BCUT2D eigenvalue weighted by atomic mass is 127. The van der Waals surface area contributed by atoms with E-state index in [4.69, 9.17) is 0 Å². The van der Waals surface area contributed by atoms with Crippen LogP contribution in [-0.2, 0) is 0 Å². The minimum absolute atomic E-state index is 0.183. The van der Waals surface area contributed by atoms with Gasteiger partial charge in [-0.3, -0.25) is 4.79 Å². The van der Waals surface area contributed by atoms with Crippen LogP contribution in [0.4, 0.5) is 0 Å². The van der Waals surface area contributed by atoms with Crippen LogP contribution in [0.25, 0.3) is 10.8 Å². The number of carbonyl (C=O) groups is 1. The zero-order chi connectivity index (χ0) is 16.3. The van der Waals surface area contributed by atoms with Crippen LogP contribution >= 0.6 is 22.6 Å². The summed E-state index contributed by atoms with van der Waals surface area (Å²) >= 11 is 2.47. The van der Waals surface area contributed by atoms with Crippen LogP contribution in [0.15, 0.2) is 36.4 Å². The molecule has 118 valence electrons. The smallest absolute Gasteiger partial charge is 0.254 e. The molecule has 2 rings (SSSR count). The molecule has 1 amide bonds. The number of nitrogens with zero attached hydrogens (tertiary/aromatic N) is 1. The first-order valence-corrected chi connectivity index (χ1v) is 12.6. The lowest BCUT2D eigenvalue weighted by Gasteiger charge is -2.27. The van der Waals surface area contributed by atoms with E-state index >= 15 is 0 Å². The lowest BCUT2D eigenvalue weighted by atomic mass is 10.0. The van der Waals surface area contributed by atoms with Crippen molar-refractivity contribution in [2.75, 3.05) is 17.1 Å². The zero-order valence-corrected chi connectivity index (χ0v) is 17.0. The standard InChI is InChI=1S/C18H24INOSi/c1-5-20(6-2)18(21)17-15-10-8-7-9-14(15)11-12-16(17)22(3,4)13-19/h7-12H,5-6,13H2,1-4H3. The van der Waals surface area contributed by atoms with Gasteiger partial charge in [-0.15, -0.1) is 0 Å². The first kappa shape index (κ1) is 17.5. The van der Waals surface area contributed by atoms with Crippen LogP contribution in [0.5, 0.6) is 0 Å². The van der Waals surface area contributed by atoms with Gasteiger partial charge in [0.1, 0.15) is 0 Å². The monoisotopic (exact) mass is 425 g/mol. The maximum absolute atomic E-state index is 13.2. The normalized spacial score (nSPS) is 11.7. The number of amides is 1. The number of hydrogen-bond donors (Lipinski definition) is 0. The van der Waals surface area contributed by atoms with Gasteiger partial charge in [-0.1, -0.05) is 72.1 Å². The van der Waals surface area contributed by atoms with E-state index in [1.807, 2.05) is 30.9 Å². The first-order valence-electron chi connectivity index (χ1n) is 7.83. The van der Waals surface area contributed by atoms with Crippen molar-refractivity contribution in [3.8, 4) is 0 Å². The highest BCUT2D eigenvalue weighted by molar-refractivity contribution is 14.1. The average Bonchev–Trinajstić information content (AvgIpc) is 2.54. The van der Waals surface area contributed by atoms with Gasteiger partial charge in [-0.2, -0.15) is 0 Å². The summed E-state index contributed by atoms with van der Waals surface area (Å²) in [7, 11) is -1.61. The Bertz CT molecular complexity index is 680. The molecule has 0 N–H and O–H groups in total. The van der Waals surface area contributed by atoms with Gasteiger partial charge in [0.15, 0.2) is 0 Å². The van der Waals surface area contributed by atoms with Crippen molar-refractivity contribution in [3.63, 3.8) is 0 Å². The van der Waals surface area contributed by atoms with Crippen LogP contribution in [0.3, 0.4) is 0 Å². The predicted molar refractivity (Wildman–Crippen MR) is 107 cm³/mol. The lowest BCUT2D eigenvalue weighted by molar-refractivity contribution is 0.0776. The van der Waals surface area contributed by atoms with Gasteiger partial charge in [0.05, 0.1) is 8.07 Å². The number of rotatable bonds is 5. The molecule has 0 saturated carbocycles. The van der Waals surface area contributed by atoms with Crippen LogP contribution in [-0.4, -0.2) is 36.0 Å². The molecule has 0 heterocycles. The molecular weight excluding hydrogens is 401 g/mol. The predicted octanol–water partition coefficient (Wildman–Crippen LogP) is 4.21. The summed E-state index contributed by atoms with van der Waals surface area (Å²) in [6.07, 6.45) is 0. The van der Waals surface area contributed by atoms with E-state index in [2.05, 4.69) is 60.0 Å². The van der Waals surface area contributed by atoms with E-state index in [1.54, 1.807) is 0 Å². The highest BCUT2D eigenvalue weighted by Crippen LogP contribution is 2.22. The van der Waals surface area contributed by atoms with Crippen LogP contribution in [0.1, 0.15) is 24.2 Å². The second-order valence-corrected chi connectivity index (χ2v) is 13.1. The number of halogens is 1. The second-order valence-electron chi connectivity index (χ2n) is 6.20. The molecule has 2 nitrogen and oxygen atoms in total. The molecule has 0 aliphatic heterocycles. The number of hydrogen-bond acceptors (Lipinski definition) is 1. The number of carbonyl (C=O) groups excluding carboxylic acids is 1. The summed E-state index contributed by atoms with van der Waals surface area (Å²) in [6.45, 7) is 10.3. The minimum atomic E-state index is -1.61. The Morgan fingerprint density at radius 2 is 1.73 bits per heavy atom. The van der Waals surface area contributed by atoms with E-state index in [9.17, 15) is 4.79 Å². The molecule has 0 spiro atoms. The summed E-state index contributed by atoms with van der Waals surface area (Å²) in [6, 6.07) is 12.6. The molecule has 0 unspecified atom stereocenters. The molecular formula is C18H24INOSi. The van der Waals surface area contributed by atoms with E-state index in [0.717, 1.165) is 33.5 Å². The van der Waals surface area contributed by atoms with Gasteiger partial charge < -0.3 is 4.90 Å². The third-order valence-electron chi connectivity index (χ3n) is 4.26. The van der Waals surface area contributed by atoms with E-state index in [-0.39, 0.29) is 5.91 Å². The van der Waals surface area contributed by atoms with Crippen molar-refractivity contribution >= 4 is 52.5 Å². The summed E-state index contributed by atoms with van der Waals surface area (Å²) in [4.78, 5) is 15.1. The molecule has 0 radical (unpaired) electrons. The van der Waals surface area contributed by atoms with Gasteiger partial charge in [-0.05, 0) is 33.9 Å². The van der Waals surface area contributed by atoms with Crippen molar-refractivity contribution in [3.05, 3.63) is 42.0 Å². The Morgan fingerprint density at radius 3 is 2.32 bits per heavy atom. The molecule has 0 fully saturated rings. The van der Waals surface area contributed by atoms with E-state index < -0.39 is 8.07 Å². The largest absolute Gasteiger partial charge is 0.339 e. The number of benzene rings is 2.